The molecular weight excluding hydrogens is 322 g/mol. The van der Waals surface area contributed by atoms with E-state index in [-0.39, 0.29) is 18.9 Å². The van der Waals surface area contributed by atoms with Crippen LogP contribution in [0.1, 0.15) is 17.4 Å². The van der Waals surface area contributed by atoms with Crippen LogP contribution in [-0.4, -0.2) is 27.3 Å². The van der Waals surface area contributed by atoms with Crippen molar-refractivity contribution in [1.29, 1.82) is 0 Å². The Kier molecular flexibility index (Phi) is 4.78. The molecule has 1 amide bonds. The maximum atomic E-state index is 12.1. The number of nitrogens with one attached hydrogen (secondary N) is 1. The molecule has 0 aliphatic carbocycles. The fourth-order valence-electron chi connectivity index (χ4n) is 2.38. The van der Waals surface area contributed by atoms with E-state index in [2.05, 4.69) is 10.4 Å². The quantitative estimate of drug-likeness (QED) is 0.724. The lowest BCUT2D eigenvalue weighted by molar-refractivity contribution is -0.121. The predicted molar refractivity (Wildman–Crippen MR) is 94.2 cm³/mol. The molecule has 0 bridgehead atoms. The van der Waals surface area contributed by atoms with Crippen molar-refractivity contribution in [2.75, 3.05) is 6.54 Å². The molecule has 0 radical (unpaired) electrons. The fourth-order valence-corrected chi connectivity index (χ4v) is 3.17. The number of amides is 1. The van der Waals surface area contributed by atoms with E-state index in [9.17, 15) is 9.90 Å². The monoisotopic (exact) mass is 341 g/mol. The van der Waals surface area contributed by atoms with Crippen molar-refractivity contribution in [1.82, 2.24) is 15.1 Å². The number of carbonyl (C=O) groups excluding carboxylic acids is 1. The zero-order valence-corrected chi connectivity index (χ0v) is 14.2. The SMILES string of the molecule is CC(O)(CNC(=O)Cc1ccc(-n2cccn2)cc1)c1cccs1. The van der Waals surface area contributed by atoms with Gasteiger partial charge in [0.15, 0.2) is 0 Å². The molecule has 6 heteroatoms. The van der Waals surface area contributed by atoms with E-state index in [0.717, 1.165) is 16.1 Å². The first-order valence-electron chi connectivity index (χ1n) is 7.67. The largest absolute Gasteiger partial charge is 0.383 e. The summed E-state index contributed by atoms with van der Waals surface area (Å²) in [5, 5.41) is 19.3. The Balaban J connectivity index is 1.55. The summed E-state index contributed by atoms with van der Waals surface area (Å²) in [6, 6.07) is 13.3. The molecule has 0 fully saturated rings. The lowest BCUT2D eigenvalue weighted by atomic mass is 10.0. The van der Waals surface area contributed by atoms with Crippen LogP contribution in [0.5, 0.6) is 0 Å². The summed E-state index contributed by atoms with van der Waals surface area (Å²) in [7, 11) is 0. The third-order valence-electron chi connectivity index (χ3n) is 3.75. The average Bonchev–Trinajstić information content (AvgIpc) is 3.27. The second kappa shape index (κ2) is 6.98. The van der Waals surface area contributed by atoms with Crippen LogP contribution >= 0.6 is 11.3 Å². The summed E-state index contributed by atoms with van der Waals surface area (Å²) in [6.07, 6.45) is 3.87. The van der Waals surface area contributed by atoms with Crippen molar-refractivity contribution < 1.29 is 9.90 Å². The van der Waals surface area contributed by atoms with Crippen molar-refractivity contribution in [3.8, 4) is 5.69 Å². The molecule has 24 heavy (non-hydrogen) atoms. The minimum absolute atomic E-state index is 0.112. The Bertz CT molecular complexity index is 778. The Morgan fingerprint density at radius 3 is 2.71 bits per heavy atom. The molecular formula is C18H19N3O2S. The molecule has 3 rings (SSSR count). The number of nitrogens with zero attached hydrogens (tertiary/aromatic N) is 2. The summed E-state index contributed by atoms with van der Waals surface area (Å²) in [4.78, 5) is 12.9. The molecule has 0 saturated heterocycles. The van der Waals surface area contributed by atoms with Gasteiger partial charge >= 0.3 is 0 Å². The van der Waals surface area contributed by atoms with Gasteiger partial charge in [-0.25, -0.2) is 4.68 Å². The van der Waals surface area contributed by atoms with E-state index in [1.54, 1.807) is 17.8 Å². The minimum atomic E-state index is -1.05. The Labute approximate surface area is 144 Å². The highest BCUT2D eigenvalue weighted by atomic mass is 32.1. The maximum absolute atomic E-state index is 12.1. The molecule has 0 aliphatic rings. The molecule has 1 aromatic carbocycles. The van der Waals surface area contributed by atoms with Crippen LogP contribution in [0.25, 0.3) is 5.69 Å². The lowest BCUT2D eigenvalue weighted by Crippen LogP contribution is -2.38. The van der Waals surface area contributed by atoms with Crippen LogP contribution in [0.3, 0.4) is 0 Å². The van der Waals surface area contributed by atoms with Gasteiger partial charge in [0.1, 0.15) is 5.60 Å². The van der Waals surface area contributed by atoms with E-state index >= 15 is 0 Å². The van der Waals surface area contributed by atoms with Crippen LogP contribution in [-0.2, 0) is 16.8 Å². The Morgan fingerprint density at radius 2 is 2.08 bits per heavy atom. The highest BCUT2D eigenvalue weighted by Gasteiger charge is 2.24. The fraction of sp³-hybridized carbons (Fsp3) is 0.222. The maximum Gasteiger partial charge on any atom is 0.224 e. The minimum Gasteiger partial charge on any atom is -0.383 e. The number of carbonyl (C=O) groups is 1. The van der Waals surface area contributed by atoms with Gasteiger partial charge < -0.3 is 10.4 Å². The first kappa shape index (κ1) is 16.4. The highest BCUT2D eigenvalue weighted by molar-refractivity contribution is 7.10. The summed E-state index contributed by atoms with van der Waals surface area (Å²) in [6.45, 7) is 1.90. The molecule has 0 spiro atoms. The molecule has 5 nitrogen and oxygen atoms in total. The van der Waals surface area contributed by atoms with E-state index in [1.165, 1.54) is 11.3 Å². The lowest BCUT2D eigenvalue weighted by Gasteiger charge is -2.22. The highest BCUT2D eigenvalue weighted by Crippen LogP contribution is 2.24. The third-order valence-corrected chi connectivity index (χ3v) is 4.87. The zero-order chi connectivity index (χ0) is 17.0. The Hall–Kier alpha value is -2.44. The topological polar surface area (TPSA) is 67.2 Å². The number of benzene rings is 1. The van der Waals surface area contributed by atoms with Gasteiger partial charge in [-0.3, -0.25) is 4.79 Å². The van der Waals surface area contributed by atoms with Gasteiger partial charge in [-0.05, 0) is 42.1 Å². The first-order valence-corrected chi connectivity index (χ1v) is 8.54. The zero-order valence-electron chi connectivity index (χ0n) is 13.3. The van der Waals surface area contributed by atoms with Crippen LogP contribution in [0.4, 0.5) is 0 Å². The molecule has 124 valence electrons. The van der Waals surface area contributed by atoms with E-state index in [0.29, 0.717) is 0 Å². The summed E-state index contributed by atoms with van der Waals surface area (Å²) in [5.41, 5.74) is 0.817. The molecule has 0 saturated carbocycles. The van der Waals surface area contributed by atoms with Crippen LogP contribution in [0, 0.1) is 0 Å². The molecule has 2 N–H and O–H groups in total. The van der Waals surface area contributed by atoms with Gasteiger partial charge in [0.25, 0.3) is 0 Å². The standard InChI is InChI=1S/C18H19N3O2S/c1-18(23,16-4-2-11-24-16)13-19-17(22)12-14-5-7-15(8-6-14)21-10-3-9-20-21/h2-11,23H,12-13H2,1H3,(H,19,22). The van der Waals surface area contributed by atoms with Crippen LogP contribution in [0.15, 0.2) is 60.2 Å². The Morgan fingerprint density at radius 1 is 1.29 bits per heavy atom. The first-order chi connectivity index (χ1) is 11.5. The van der Waals surface area contributed by atoms with E-state index < -0.39 is 5.60 Å². The molecule has 2 heterocycles. The number of aliphatic hydroxyl groups is 1. The number of hydrogen-bond acceptors (Lipinski definition) is 4. The van der Waals surface area contributed by atoms with E-state index in [1.807, 2.05) is 54.0 Å². The smallest absolute Gasteiger partial charge is 0.224 e. The van der Waals surface area contributed by atoms with Gasteiger partial charge in [0.2, 0.25) is 5.91 Å². The molecule has 0 aliphatic heterocycles. The van der Waals surface area contributed by atoms with Crippen LogP contribution < -0.4 is 5.32 Å². The summed E-state index contributed by atoms with van der Waals surface area (Å²) >= 11 is 1.48. The average molecular weight is 341 g/mol. The van der Waals surface area contributed by atoms with E-state index in [4.69, 9.17) is 0 Å². The number of hydrogen-bond donors (Lipinski definition) is 2. The van der Waals surface area contributed by atoms with Crippen molar-refractivity contribution in [2.45, 2.75) is 18.9 Å². The predicted octanol–water partition coefficient (Wildman–Crippen LogP) is 2.50. The summed E-state index contributed by atoms with van der Waals surface area (Å²) < 4.78 is 1.77. The number of thiophene rings is 1. The van der Waals surface area contributed by atoms with Gasteiger partial charge in [-0.2, -0.15) is 5.10 Å². The number of rotatable bonds is 6. The summed E-state index contributed by atoms with van der Waals surface area (Å²) in [5.74, 6) is -0.112. The van der Waals surface area contributed by atoms with Gasteiger partial charge in [-0.1, -0.05) is 18.2 Å². The van der Waals surface area contributed by atoms with Crippen molar-refractivity contribution >= 4 is 17.2 Å². The molecule has 1 unspecified atom stereocenters. The molecule has 2 aromatic heterocycles. The molecule has 3 aromatic rings. The second-order valence-corrected chi connectivity index (χ2v) is 6.77. The van der Waals surface area contributed by atoms with Gasteiger partial charge in [-0.15, -0.1) is 11.3 Å². The van der Waals surface area contributed by atoms with Gasteiger partial charge in [0.05, 0.1) is 18.7 Å². The number of aromatic nitrogens is 2. The second-order valence-electron chi connectivity index (χ2n) is 5.82. The van der Waals surface area contributed by atoms with Crippen LogP contribution in [0.2, 0.25) is 0 Å². The normalized spacial score (nSPS) is 13.4. The third kappa shape index (κ3) is 3.90. The van der Waals surface area contributed by atoms with Gasteiger partial charge in [0, 0.05) is 17.3 Å². The van der Waals surface area contributed by atoms with Crippen molar-refractivity contribution in [3.63, 3.8) is 0 Å². The van der Waals surface area contributed by atoms with Crippen molar-refractivity contribution in [2.24, 2.45) is 0 Å². The van der Waals surface area contributed by atoms with Crippen molar-refractivity contribution in [3.05, 3.63) is 70.7 Å². The molecule has 1 atom stereocenters.